The van der Waals surface area contributed by atoms with Gasteiger partial charge in [0.05, 0.1) is 6.61 Å². The second kappa shape index (κ2) is 16.9. The molecule has 0 bridgehead atoms. The van der Waals surface area contributed by atoms with E-state index in [9.17, 15) is 9.59 Å². The summed E-state index contributed by atoms with van der Waals surface area (Å²) in [5.41, 5.74) is 0. The van der Waals surface area contributed by atoms with Gasteiger partial charge in [-0.1, -0.05) is 27.2 Å². The number of carboxylic acids is 1. The molecule has 19 heavy (non-hydrogen) atoms. The molecule has 5 nitrogen and oxygen atoms in total. The Morgan fingerprint density at radius 2 is 1.42 bits per heavy atom. The van der Waals surface area contributed by atoms with Crippen molar-refractivity contribution in [3.05, 3.63) is 0 Å². The van der Waals surface area contributed by atoms with Crippen molar-refractivity contribution in [3.8, 4) is 0 Å². The Labute approximate surface area is 116 Å². The first-order chi connectivity index (χ1) is 9.08. The molecule has 0 saturated carbocycles. The monoisotopic (exact) mass is 276 g/mol. The van der Waals surface area contributed by atoms with Crippen molar-refractivity contribution in [1.82, 2.24) is 0 Å². The van der Waals surface area contributed by atoms with Crippen LogP contribution >= 0.6 is 0 Å². The van der Waals surface area contributed by atoms with E-state index in [1.165, 1.54) is 6.42 Å². The molecule has 0 rings (SSSR count). The Morgan fingerprint density at radius 1 is 0.895 bits per heavy atom. The highest BCUT2D eigenvalue weighted by atomic mass is 16.5. The van der Waals surface area contributed by atoms with Gasteiger partial charge in [-0.05, 0) is 19.3 Å². The van der Waals surface area contributed by atoms with Gasteiger partial charge in [0.1, 0.15) is 0 Å². The molecule has 0 fully saturated rings. The van der Waals surface area contributed by atoms with E-state index in [0.717, 1.165) is 32.5 Å². The molecule has 0 aromatic rings. The number of carboxylic acid groups (broad SMARTS) is 1. The summed E-state index contributed by atoms with van der Waals surface area (Å²) >= 11 is 0. The number of hydrogen-bond donors (Lipinski definition) is 1. The zero-order chi connectivity index (χ0) is 14.9. The van der Waals surface area contributed by atoms with Gasteiger partial charge in [-0.2, -0.15) is 0 Å². The average Bonchev–Trinajstić information content (AvgIpc) is 2.42. The summed E-state index contributed by atoms with van der Waals surface area (Å²) < 4.78 is 10.3. The van der Waals surface area contributed by atoms with E-state index < -0.39 is 5.97 Å². The predicted molar refractivity (Wildman–Crippen MR) is 74.1 cm³/mol. The van der Waals surface area contributed by atoms with Gasteiger partial charge in [0, 0.05) is 26.1 Å². The Balaban J connectivity index is 0. The zero-order valence-corrected chi connectivity index (χ0v) is 12.4. The number of carbonyl (C=O) groups excluding carboxylic acids is 1. The topological polar surface area (TPSA) is 72.8 Å². The van der Waals surface area contributed by atoms with Gasteiger partial charge in [-0.25, -0.2) is 0 Å². The molecule has 0 heterocycles. The minimum Gasteiger partial charge on any atom is -0.481 e. The van der Waals surface area contributed by atoms with Crippen molar-refractivity contribution in [3.63, 3.8) is 0 Å². The molecular formula is C14H28O5. The lowest BCUT2D eigenvalue weighted by Crippen LogP contribution is -2.05. The van der Waals surface area contributed by atoms with E-state index >= 15 is 0 Å². The van der Waals surface area contributed by atoms with E-state index in [2.05, 4.69) is 6.92 Å². The SMILES string of the molecule is CCC(=O)O.CCCCOCCCCOC(=O)CC. The molecule has 0 aliphatic rings. The van der Waals surface area contributed by atoms with Gasteiger partial charge in [0.2, 0.25) is 0 Å². The van der Waals surface area contributed by atoms with Gasteiger partial charge in [0.25, 0.3) is 0 Å². The van der Waals surface area contributed by atoms with Gasteiger partial charge in [-0.3, -0.25) is 9.59 Å². The van der Waals surface area contributed by atoms with Gasteiger partial charge in [-0.15, -0.1) is 0 Å². The Hall–Kier alpha value is -1.10. The minimum atomic E-state index is -0.745. The molecule has 0 aliphatic heterocycles. The van der Waals surface area contributed by atoms with Crippen molar-refractivity contribution >= 4 is 11.9 Å². The Kier molecular flexibility index (Phi) is 18.0. The summed E-state index contributed by atoms with van der Waals surface area (Å²) in [5, 5.41) is 7.72. The van der Waals surface area contributed by atoms with Crippen LogP contribution in [0, 0.1) is 0 Å². The van der Waals surface area contributed by atoms with Gasteiger partial charge in [0.15, 0.2) is 0 Å². The molecule has 114 valence electrons. The molecule has 0 amide bonds. The lowest BCUT2D eigenvalue weighted by molar-refractivity contribution is -0.143. The lowest BCUT2D eigenvalue weighted by Gasteiger charge is -2.04. The van der Waals surface area contributed by atoms with E-state index in [1.807, 2.05) is 0 Å². The first-order valence-corrected chi connectivity index (χ1v) is 7.03. The molecule has 1 N–H and O–H groups in total. The second-order valence-corrected chi connectivity index (χ2v) is 3.99. The van der Waals surface area contributed by atoms with Crippen molar-refractivity contribution in [2.75, 3.05) is 19.8 Å². The van der Waals surface area contributed by atoms with Crippen LogP contribution in [0.5, 0.6) is 0 Å². The Morgan fingerprint density at radius 3 is 1.89 bits per heavy atom. The number of unbranched alkanes of at least 4 members (excludes halogenated alkanes) is 2. The first-order valence-electron chi connectivity index (χ1n) is 7.03. The second-order valence-electron chi connectivity index (χ2n) is 3.99. The van der Waals surface area contributed by atoms with Crippen molar-refractivity contribution in [2.45, 2.75) is 59.3 Å². The number of hydrogen-bond acceptors (Lipinski definition) is 4. The smallest absolute Gasteiger partial charge is 0.305 e. The molecule has 0 radical (unpaired) electrons. The van der Waals surface area contributed by atoms with Crippen LogP contribution in [0.2, 0.25) is 0 Å². The van der Waals surface area contributed by atoms with Crippen LogP contribution in [0.4, 0.5) is 0 Å². The van der Waals surface area contributed by atoms with Crippen LogP contribution in [0.1, 0.15) is 59.3 Å². The van der Waals surface area contributed by atoms with Gasteiger partial charge < -0.3 is 14.6 Å². The molecule has 0 unspecified atom stereocenters. The summed E-state index contributed by atoms with van der Waals surface area (Å²) in [7, 11) is 0. The van der Waals surface area contributed by atoms with E-state index in [1.54, 1.807) is 13.8 Å². The quantitative estimate of drug-likeness (QED) is 0.490. The lowest BCUT2D eigenvalue weighted by atomic mass is 10.3. The van der Waals surface area contributed by atoms with E-state index in [-0.39, 0.29) is 12.4 Å². The predicted octanol–water partition coefficient (Wildman–Crippen LogP) is 3.02. The van der Waals surface area contributed by atoms with Crippen LogP contribution in [0.15, 0.2) is 0 Å². The first kappa shape index (κ1) is 20.2. The van der Waals surface area contributed by atoms with Crippen LogP contribution in [-0.2, 0) is 19.1 Å². The maximum absolute atomic E-state index is 10.7. The fourth-order valence-corrected chi connectivity index (χ4v) is 0.943. The van der Waals surface area contributed by atoms with E-state index in [0.29, 0.717) is 13.0 Å². The highest BCUT2D eigenvalue weighted by Crippen LogP contribution is 1.95. The standard InChI is InChI=1S/C11H22O3.C3H6O2/c1-3-5-8-13-9-6-7-10-14-11(12)4-2;1-2-3(4)5/h3-10H2,1-2H3;2H2,1H3,(H,4,5). The normalized spacial score (nSPS) is 9.42. The maximum atomic E-state index is 10.7. The van der Waals surface area contributed by atoms with Crippen LogP contribution in [0.3, 0.4) is 0 Å². The molecule has 0 saturated heterocycles. The third kappa shape index (κ3) is 22.5. The molecule has 0 aliphatic carbocycles. The summed E-state index contributed by atoms with van der Waals surface area (Å²) in [5.74, 6) is -0.859. The van der Waals surface area contributed by atoms with Crippen LogP contribution < -0.4 is 0 Å². The average molecular weight is 276 g/mol. The van der Waals surface area contributed by atoms with Crippen molar-refractivity contribution < 1.29 is 24.2 Å². The van der Waals surface area contributed by atoms with E-state index in [4.69, 9.17) is 14.6 Å². The number of ether oxygens (including phenoxy) is 2. The third-order valence-corrected chi connectivity index (χ3v) is 2.18. The number of rotatable bonds is 10. The van der Waals surface area contributed by atoms with Crippen molar-refractivity contribution in [2.24, 2.45) is 0 Å². The minimum absolute atomic E-state index is 0.114. The largest absolute Gasteiger partial charge is 0.481 e. The molecule has 0 spiro atoms. The molecule has 0 aromatic heterocycles. The van der Waals surface area contributed by atoms with Gasteiger partial charge >= 0.3 is 11.9 Å². The van der Waals surface area contributed by atoms with Crippen LogP contribution in [-0.4, -0.2) is 36.9 Å². The number of aliphatic carboxylic acids is 1. The molecule has 0 aromatic carbocycles. The highest BCUT2D eigenvalue weighted by Gasteiger charge is 1.96. The summed E-state index contributed by atoms with van der Waals surface area (Å²) in [6.07, 6.45) is 4.87. The number of carbonyl (C=O) groups is 2. The zero-order valence-electron chi connectivity index (χ0n) is 12.4. The molecular weight excluding hydrogens is 248 g/mol. The Bertz CT molecular complexity index is 216. The summed E-state index contributed by atoms with van der Waals surface area (Å²) in [6.45, 7) is 7.71. The number of esters is 1. The fourth-order valence-electron chi connectivity index (χ4n) is 0.943. The highest BCUT2D eigenvalue weighted by molar-refractivity contribution is 5.68. The summed E-state index contributed by atoms with van der Waals surface area (Å²) in [6, 6.07) is 0. The fraction of sp³-hybridized carbons (Fsp3) is 0.857. The van der Waals surface area contributed by atoms with Crippen molar-refractivity contribution in [1.29, 1.82) is 0 Å². The van der Waals surface area contributed by atoms with Crippen LogP contribution in [0.25, 0.3) is 0 Å². The summed E-state index contributed by atoms with van der Waals surface area (Å²) in [4.78, 5) is 20.1. The molecule has 5 heteroatoms. The maximum Gasteiger partial charge on any atom is 0.305 e. The third-order valence-electron chi connectivity index (χ3n) is 2.18. The molecule has 0 atom stereocenters.